The van der Waals surface area contributed by atoms with Gasteiger partial charge in [-0.15, -0.1) is 0 Å². The van der Waals surface area contributed by atoms with Crippen LogP contribution in [0.3, 0.4) is 0 Å². The molecule has 0 radical (unpaired) electrons. The van der Waals surface area contributed by atoms with Gasteiger partial charge in [0, 0.05) is 18.3 Å². The third kappa shape index (κ3) is 6.68. The van der Waals surface area contributed by atoms with Crippen LogP contribution in [0.4, 0.5) is 14.9 Å². The minimum absolute atomic E-state index is 0. The van der Waals surface area contributed by atoms with Gasteiger partial charge in [-0.05, 0) is 57.3 Å². The fraction of sp³-hybridized carbons (Fsp3) is 0.412. The largest absolute Gasteiger partial charge is 0.412 e. The zero-order chi connectivity index (χ0) is 19.9. The topological polar surface area (TPSA) is 150 Å². The summed E-state index contributed by atoms with van der Waals surface area (Å²) in [5.41, 5.74) is 6.76. The molecule has 1 heterocycles. The van der Waals surface area contributed by atoms with Gasteiger partial charge in [0.15, 0.2) is 16.6 Å². The van der Waals surface area contributed by atoms with E-state index in [9.17, 15) is 9.18 Å². The van der Waals surface area contributed by atoms with E-state index in [0.717, 1.165) is 12.8 Å². The molecule has 2 amide bonds. The molecule has 6 N–H and O–H groups in total. The molecule has 9 nitrogen and oxygen atoms in total. The molecule has 0 spiro atoms. The van der Waals surface area contributed by atoms with E-state index in [2.05, 4.69) is 41.9 Å². The van der Waals surface area contributed by atoms with E-state index < -0.39 is 0 Å². The van der Waals surface area contributed by atoms with Crippen molar-refractivity contribution < 1.29 is 19.3 Å². The Labute approximate surface area is 179 Å². The van der Waals surface area contributed by atoms with Crippen LogP contribution in [0.2, 0.25) is 0 Å². The van der Waals surface area contributed by atoms with E-state index in [0.29, 0.717) is 28.7 Å². The van der Waals surface area contributed by atoms with Gasteiger partial charge in [0.25, 0.3) is 0 Å². The molecule has 12 heteroatoms. The summed E-state index contributed by atoms with van der Waals surface area (Å²) >= 11 is 4.45. The van der Waals surface area contributed by atoms with Crippen molar-refractivity contribution in [2.45, 2.75) is 36.8 Å². The molecule has 0 atom stereocenters. The zero-order valence-electron chi connectivity index (χ0n) is 15.5. The maximum atomic E-state index is 13.3. The SMILES string of the molecule is NC(=Nc1ccc(F)c(Br)c1)c1nonc1SCCNC(=O)NC1CCCC1.O. The van der Waals surface area contributed by atoms with Crippen LogP contribution in [0.25, 0.3) is 0 Å². The Balaban J connectivity index is 0.00000300. The van der Waals surface area contributed by atoms with Gasteiger partial charge in [0.1, 0.15) is 5.82 Å². The molecular formula is C17H22BrFN6O3S. The normalized spacial score (nSPS) is 14.5. The van der Waals surface area contributed by atoms with E-state index in [1.54, 1.807) is 0 Å². The number of carbonyl (C=O) groups is 1. The number of thioether (sulfide) groups is 1. The van der Waals surface area contributed by atoms with Crippen LogP contribution in [0.1, 0.15) is 31.4 Å². The molecule has 158 valence electrons. The minimum Gasteiger partial charge on any atom is -0.412 e. The Morgan fingerprint density at radius 1 is 1.38 bits per heavy atom. The first kappa shape index (κ1) is 23.1. The Kier molecular flexibility index (Phi) is 8.86. The van der Waals surface area contributed by atoms with Crippen LogP contribution in [-0.4, -0.2) is 46.0 Å². The standard InChI is InChI=1S/C17H20BrFN6O2S.H2O/c18-12-9-11(5-6-13(12)19)22-15(20)14-16(25-27-24-14)28-8-7-21-17(26)23-10-3-1-2-4-10;/h5-6,9-10H,1-4,7-8H2,(H2,20,22)(H2,21,23,26);1H2. The van der Waals surface area contributed by atoms with Crippen molar-refractivity contribution in [2.24, 2.45) is 10.7 Å². The number of hydrogen-bond acceptors (Lipinski definition) is 6. The summed E-state index contributed by atoms with van der Waals surface area (Å²) in [4.78, 5) is 16.1. The molecule has 2 aromatic rings. The fourth-order valence-corrected chi connectivity index (χ4v) is 3.93. The Morgan fingerprint density at radius 3 is 2.86 bits per heavy atom. The van der Waals surface area contributed by atoms with Gasteiger partial charge in [-0.25, -0.2) is 18.8 Å². The van der Waals surface area contributed by atoms with E-state index in [-0.39, 0.29) is 33.7 Å². The van der Waals surface area contributed by atoms with Crippen molar-refractivity contribution in [1.82, 2.24) is 20.9 Å². The highest BCUT2D eigenvalue weighted by atomic mass is 79.9. The Hall–Kier alpha value is -2.18. The lowest BCUT2D eigenvalue weighted by molar-refractivity contribution is 0.237. The zero-order valence-corrected chi connectivity index (χ0v) is 17.9. The highest BCUT2D eigenvalue weighted by Gasteiger charge is 2.17. The Morgan fingerprint density at radius 2 is 2.14 bits per heavy atom. The average molecular weight is 489 g/mol. The number of halogens is 2. The van der Waals surface area contributed by atoms with E-state index in [1.807, 2.05) is 0 Å². The Bertz CT molecular complexity index is 859. The van der Waals surface area contributed by atoms with Crippen LogP contribution in [-0.2, 0) is 0 Å². The van der Waals surface area contributed by atoms with Crippen LogP contribution in [0, 0.1) is 5.82 Å². The third-order valence-corrected chi connectivity index (χ3v) is 5.73. The third-order valence-electron chi connectivity index (χ3n) is 4.17. The molecule has 29 heavy (non-hydrogen) atoms. The number of benzene rings is 1. The maximum Gasteiger partial charge on any atom is 0.315 e. The molecule has 1 aromatic heterocycles. The molecule has 1 fully saturated rings. The quantitative estimate of drug-likeness (QED) is 0.235. The molecular weight excluding hydrogens is 467 g/mol. The summed E-state index contributed by atoms with van der Waals surface area (Å²) in [6.07, 6.45) is 4.42. The number of rotatable bonds is 7. The van der Waals surface area contributed by atoms with Crippen molar-refractivity contribution in [3.8, 4) is 0 Å². The van der Waals surface area contributed by atoms with Gasteiger partial charge in [0.2, 0.25) is 0 Å². The number of amidine groups is 1. The summed E-state index contributed by atoms with van der Waals surface area (Å²) in [6, 6.07) is 4.42. The molecule has 1 aromatic carbocycles. The number of carbonyl (C=O) groups excluding carboxylic acids is 1. The number of nitrogens with zero attached hydrogens (tertiary/aromatic N) is 3. The number of hydrogen-bond donors (Lipinski definition) is 3. The fourth-order valence-electron chi connectivity index (χ4n) is 2.80. The van der Waals surface area contributed by atoms with Crippen molar-refractivity contribution in [1.29, 1.82) is 0 Å². The van der Waals surface area contributed by atoms with Gasteiger partial charge < -0.3 is 21.8 Å². The number of urea groups is 1. The summed E-state index contributed by atoms with van der Waals surface area (Å²) < 4.78 is 18.4. The second kappa shape index (κ2) is 11.1. The van der Waals surface area contributed by atoms with Crippen LogP contribution in [0.15, 0.2) is 37.3 Å². The summed E-state index contributed by atoms with van der Waals surface area (Å²) in [5, 5.41) is 13.9. The molecule has 0 unspecified atom stereocenters. The predicted molar refractivity (Wildman–Crippen MR) is 112 cm³/mol. The van der Waals surface area contributed by atoms with Crippen molar-refractivity contribution in [2.75, 3.05) is 12.3 Å². The lowest BCUT2D eigenvalue weighted by Gasteiger charge is -2.12. The number of nitrogens with two attached hydrogens (primary N) is 1. The maximum absolute atomic E-state index is 13.3. The van der Waals surface area contributed by atoms with E-state index >= 15 is 0 Å². The molecule has 0 aliphatic heterocycles. The first-order valence-electron chi connectivity index (χ1n) is 8.82. The highest BCUT2D eigenvalue weighted by Crippen LogP contribution is 2.24. The van der Waals surface area contributed by atoms with E-state index in [1.165, 1.54) is 42.8 Å². The number of aromatic nitrogens is 2. The second-order valence-electron chi connectivity index (χ2n) is 6.24. The number of aliphatic imine (C=N–C) groups is 1. The van der Waals surface area contributed by atoms with Crippen LogP contribution >= 0.6 is 27.7 Å². The van der Waals surface area contributed by atoms with Gasteiger partial charge in [-0.3, -0.25) is 0 Å². The smallest absolute Gasteiger partial charge is 0.315 e. The van der Waals surface area contributed by atoms with Crippen LogP contribution in [0.5, 0.6) is 0 Å². The van der Waals surface area contributed by atoms with Crippen molar-refractivity contribution in [3.05, 3.63) is 34.2 Å². The lowest BCUT2D eigenvalue weighted by atomic mass is 10.3. The number of amides is 2. The summed E-state index contributed by atoms with van der Waals surface area (Å²) in [7, 11) is 0. The molecule has 3 rings (SSSR count). The van der Waals surface area contributed by atoms with Gasteiger partial charge in [-0.2, -0.15) is 0 Å². The molecule has 0 saturated heterocycles. The highest BCUT2D eigenvalue weighted by molar-refractivity contribution is 9.10. The molecule has 1 aliphatic rings. The van der Waals surface area contributed by atoms with E-state index in [4.69, 9.17) is 10.4 Å². The summed E-state index contributed by atoms with van der Waals surface area (Å²) in [5.74, 6) is 0.282. The second-order valence-corrected chi connectivity index (χ2v) is 8.18. The van der Waals surface area contributed by atoms with Gasteiger partial charge in [-0.1, -0.05) is 24.6 Å². The minimum atomic E-state index is -0.388. The average Bonchev–Trinajstić information content (AvgIpc) is 3.33. The van der Waals surface area contributed by atoms with Crippen LogP contribution < -0.4 is 16.4 Å². The monoisotopic (exact) mass is 488 g/mol. The summed E-state index contributed by atoms with van der Waals surface area (Å²) in [6.45, 7) is 0.456. The predicted octanol–water partition coefficient (Wildman–Crippen LogP) is 2.52. The van der Waals surface area contributed by atoms with Gasteiger partial charge in [0.05, 0.1) is 10.2 Å². The first-order valence-corrected chi connectivity index (χ1v) is 10.6. The number of nitrogens with one attached hydrogen (secondary N) is 2. The lowest BCUT2D eigenvalue weighted by Crippen LogP contribution is -2.41. The molecule has 1 saturated carbocycles. The molecule has 0 bridgehead atoms. The molecule has 1 aliphatic carbocycles. The van der Waals surface area contributed by atoms with Crippen molar-refractivity contribution >= 4 is 45.2 Å². The first-order chi connectivity index (χ1) is 13.5. The van der Waals surface area contributed by atoms with Crippen molar-refractivity contribution in [3.63, 3.8) is 0 Å². The van der Waals surface area contributed by atoms with Gasteiger partial charge >= 0.3 is 6.03 Å².